The van der Waals surface area contributed by atoms with Crippen LogP contribution in [0.25, 0.3) is 0 Å². The van der Waals surface area contributed by atoms with Gasteiger partial charge in [-0.1, -0.05) is 0 Å². The van der Waals surface area contributed by atoms with Gasteiger partial charge in [0.25, 0.3) is 0 Å². The van der Waals surface area contributed by atoms with E-state index >= 15 is 0 Å². The fraction of sp³-hybridized carbons (Fsp3) is 0.750. The van der Waals surface area contributed by atoms with Crippen LogP contribution < -0.4 is 0 Å². The number of rotatable bonds is 1. The lowest BCUT2D eigenvalue weighted by Crippen LogP contribution is -2.50. The van der Waals surface area contributed by atoms with Crippen LogP contribution in [0.5, 0.6) is 0 Å². The zero-order valence-electron chi connectivity index (χ0n) is 8.13. The summed E-state index contributed by atoms with van der Waals surface area (Å²) in [6.45, 7) is 3.15. The minimum absolute atomic E-state index is 0.223. The molecule has 0 aromatic rings. The van der Waals surface area contributed by atoms with Gasteiger partial charge in [-0.2, -0.15) is 13.2 Å². The van der Waals surface area contributed by atoms with Gasteiger partial charge in [0, 0.05) is 26.2 Å². The Labute approximate surface area is 85.4 Å². The molecule has 86 valence electrons. The van der Waals surface area contributed by atoms with Crippen molar-refractivity contribution in [3.05, 3.63) is 0 Å². The van der Waals surface area contributed by atoms with Gasteiger partial charge < -0.3 is 4.90 Å². The van der Waals surface area contributed by atoms with Gasteiger partial charge in [0.15, 0.2) is 0 Å². The second-order valence-electron chi connectivity index (χ2n) is 3.32. The molecule has 0 bridgehead atoms. The van der Waals surface area contributed by atoms with Crippen molar-refractivity contribution in [2.24, 2.45) is 4.99 Å². The average molecular weight is 223 g/mol. The Kier molecular flexibility index (Phi) is 3.67. The molecule has 0 saturated carbocycles. The minimum atomic E-state index is -4.18. The second-order valence-corrected chi connectivity index (χ2v) is 3.32. The number of aliphatic imine (C=N–C) groups is 1. The molecule has 1 aliphatic rings. The van der Waals surface area contributed by atoms with Gasteiger partial charge >= 0.3 is 12.2 Å². The first-order valence-electron chi connectivity index (χ1n) is 4.47. The zero-order valence-corrected chi connectivity index (χ0v) is 8.13. The monoisotopic (exact) mass is 223 g/mol. The van der Waals surface area contributed by atoms with Crippen LogP contribution in [-0.4, -0.2) is 61.4 Å². The molecule has 2 amide bonds. The normalized spacial score (nSPS) is 19.0. The summed E-state index contributed by atoms with van der Waals surface area (Å²) in [6, 6.07) is -0.471. The Morgan fingerprint density at radius 2 is 1.80 bits per heavy atom. The third kappa shape index (κ3) is 3.86. The van der Waals surface area contributed by atoms with E-state index in [1.807, 2.05) is 0 Å². The fourth-order valence-corrected chi connectivity index (χ4v) is 1.45. The van der Waals surface area contributed by atoms with E-state index < -0.39 is 18.8 Å². The highest BCUT2D eigenvalue weighted by Gasteiger charge is 2.32. The molecule has 0 N–H and O–H groups in total. The van der Waals surface area contributed by atoms with Gasteiger partial charge in [-0.25, -0.2) is 9.79 Å². The highest BCUT2D eigenvalue weighted by atomic mass is 19.4. The molecule has 0 atom stereocenters. The number of halogens is 3. The summed E-state index contributed by atoms with van der Waals surface area (Å²) < 4.78 is 36.0. The van der Waals surface area contributed by atoms with Crippen molar-refractivity contribution in [3.8, 4) is 0 Å². The molecule has 0 aliphatic carbocycles. The Balaban J connectivity index is 2.36. The lowest BCUT2D eigenvalue weighted by Gasteiger charge is -2.33. The van der Waals surface area contributed by atoms with Crippen molar-refractivity contribution < 1.29 is 18.0 Å². The molecule has 1 aliphatic heterocycles. The highest BCUT2D eigenvalue weighted by Crippen LogP contribution is 2.17. The number of urea groups is 1. The van der Waals surface area contributed by atoms with E-state index in [4.69, 9.17) is 0 Å². The number of nitrogens with zero attached hydrogens (tertiary/aromatic N) is 3. The van der Waals surface area contributed by atoms with Crippen molar-refractivity contribution in [1.82, 2.24) is 9.80 Å². The van der Waals surface area contributed by atoms with Crippen molar-refractivity contribution >= 4 is 12.7 Å². The maximum atomic E-state index is 12.0. The van der Waals surface area contributed by atoms with Crippen LogP contribution in [0.3, 0.4) is 0 Å². The number of amides is 2. The second kappa shape index (κ2) is 4.61. The highest BCUT2D eigenvalue weighted by molar-refractivity contribution is 5.79. The molecule has 0 aromatic carbocycles. The van der Waals surface area contributed by atoms with Gasteiger partial charge in [0.2, 0.25) is 0 Å². The first-order valence-corrected chi connectivity index (χ1v) is 4.47. The van der Waals surface area contributed by atoms with E-state index in [0.29, 0.717) is 0 Å². The molecule has 1 fully saturated rings. The third-order valence-electron chi connectivity index (χ3n) is 2.18. The topological polar surface area (TPSA) is 35.9 Å². The smallest absolute Gasteiger partial charge is 0.320 e. The van der Waals surface area contributed by atoms with Crippen molar-refractivity contribution in [1.29, 1.82) is 0 Å². The number of carbonyl (C=O) groups excluding carboxylic acids is 1. The molecule has 1 saturated heterocycles. The molecule has 0 aromatic heterocycles. The van der Waals surface area contributed by atoms with Crippen LogP contribution in [0.15, 0.2) is 4.99 Å². The van der Waals surface area contributed by atoms with E-state index in [2.05, 4.69) is 11.7 Å². The summed E-state index contributed by atoms with van der Waals surface area (Å²) in [7, 11) is 0. The standard InChI is InChI=1S/C8H12F3N3O/c1-12-7(15)14-4-2-13(3-5-14)6-8(9,10)11/h1-6H2. The van der Waals surface area contributed by atoms with Gasteiger partial charge in [-0.15, -0.1) is 0 Å². The Hall–Kier alpha value is -1.11. The SMILES string of the molecule is C=NC(=O)N1CCN(CC(F)(F)F)CC1. The van der Waals surface area contributed by atoms with Crippen LogP contribution in [0, 0.1) is 0 Å². The van der Waals surface area contributed by atoms with Crippen LogP contribution in [-0.2, 0) is 0 Å². The van der Waals surface area contributed by atoms with Crippen molar-refractivity contribution in [2.75, 3.05) is 32.7 Å². The summed E-state index contributed by atoms with van der Waals surface area (Å²) in [5, 5.41) is 0. The largest absolute Gasteiger partial charge is 0.401 e. The van der Waals surface area contributed by atoms with Crippen molar-refractivity contribution in [2.45, 2.75) is 6.18 Å². The quantitative estimate of drug-likeness (QED) is 0.621. The zero-order chi connectivity index (χ0) is 11.5. The third-order valence-corrected chi connectivity index (χ3v) is 2.18. The van der Waals surface area contributed by atoms with Gasteiger partial charge in [-0.3, -0.25) is 4.90 Å². The van der Waals surface area contributed by atoms with Gasteiger partial charge in [0.1, 0.15) is 0 Å². The molecular weight excluding hydrogens is 211 g/mol. The maximum Gasteiger partial charge on any atom is 0.401 e. The summed E-state index contributed by atoms with van der Waals surface area (Å²) >= 11 is 0. The lowest BCUT2D eigenvalue weighted by molar-refractivity contribution is -0.148. The molecule has 7 heteroatoms. The molecule has 15 heavy (non-hydrogen) atoms. The fourth-order valence-electron chi connectivity index (χ4n) is 1.45. The summed E-state index contributed by atoms with van der Waals surface area (Å²) in [6.07, 6.45) is -4.18. The molecule has 0 spiro atoms. The molecule has 1 heterocycles. The van der Waals surface area contributed by atoms with Crippen LogP contribution in [0.2, 0.25) is 0 Å². The molecule has 0 radical (unpaired) electrons. The predicted octanol–water partition coefficient (Wildman–Crippen LogP) is 0.987. The minimum Gasteiger partial charge on any atom is -0.320 e. The first-order chi connectivity index (χ1) is 6.92. The van der Waals surface area contributed by atoms with Crippen LogP contribution in [0.4, 0.5) is 18.0 Å². The van der Waals surface area contributed by atoms with E-state index in [1.165, 1.54) is 9.80 Å². The lowest BCUT2D eigenvalue weighted by atomic mass is 10.3. The van der Waals surface area contributed by atoms with Gasteiger partial charge in [-0.05, 0) is 6.72 Å². The first kappa shape index (κ1) is 12.0. The number of hydrogen-bond acceptors (Lipinski definition) is 2. The Morgan fingerprint density at radius 1 is 1.27 bits per heavy atom. The summed E-state index contributed by atoms with van der Waals surface area (Å²) in [4.78, 5) is 16.9. The van der Waals surface area contributed by atoms with E-state index in [0.717, 1.165) is 0 Å². The summed E-state index contributed by atoms with van der Waals surface area (Å²) in [5.74, 6) is 0. The molecular formula is C8H12F3N3O. The molecule has 1 rings (SSSR count). The predicted molar refractivity (Wildman–Crippen MR) is 49.0 cm³/mol. The summed E-state index contributed by atoms with van der Waals surface area (Å²) in [5.41, 5.74) is 0. The average Bonchev–Trinajstić information content (AvgIpc) is 2.15. The van der Waals surface area contributed by atoms with Crippen LogP contribution in [0.1, 0.15) is 0 Å². The number of alkyl halides is 3. The Bertz CT molecular complexity index is 246. The van der Waals surface area contributed by atoms with E-state index in [-0.39, 0.29) is 26.2 Å². The van der Waals surface area contributed by atoms with Gasteiger partial charge in [0.05, 0.1) is 6.54 Å². The van der Waals surface area contributed by atoms with Crippen molar-refractivity contribution in [3.63, 3.8) is 0 Å². The molecule has 4 nitrogen and oxygen atoms in total. The van der Waals surface area contributed by atoms with E-state index in [9.17, 15) is 18.0 Å². The number of carbonyl (C=O) groups is 1. The van der Waals surface area contributed by atoms with E-state index in [1.54, 1.807) is 0 Å². The Morgan fingerprint density at radius 3 is 2.20 bits per heavy atom. The maximum absolute atomic E-state index is 12.0. The number of hydrogen-bond donors (Lipinski definition) is 0. The molecule has 0 unspecified atom stereocenters. The number of piperazine rings is 1. The van der Waals surface area contributed by atoms with Crippen LogP contribution >= 0.6 is 0 Å².